The molecule has 0 spiro atoms. The molecule has 0 aromatic heterocycles. The second-order valence-electron chi connectivity index (χ2n) is 6.39. The van der Waals surface area contributed by atoms with E-state index in [-0.39, 0.29) is 5.78 Å². The fraction of sp³-hybridized carbons (Fsp3) is 0.0870. The van der Waals surface area contributed by atoms with E-state index in [4.69, 9.17) is 0 Å². The largest absolute Gasteiger partial charge is 0.290 e. The van der Waals surface area contributed by atoms with Crippen LogP contribution in [-0.4, -0.2) is 5.78 Å². The van der Waals surface area contributed by atoms with Gasteiger partial charge >= 0.3 is 0 Å². The monoisotopic (exact) mass is 438 g/mol. The van der Waals surface area contributed by atoms with E-state index in [1.807, 2.05) is 36.4 Å². The Bertz CT molecular complexity index is 947. The minimum Gasteiger partial charge on any atom is -0.290 e. The van der Waals surface area contributed by atoms with E-state index >= 15 is 0 Å². The van der Waals surface area contributed by atoms with Gasteiger partial charge in [0.05, 0.1) is 0 Å². The Kier molecular flexibility index (Phi) is 6.26. The number of benzene rings is 2. The standard InChI is InChI=1S/C23H18OS4/c1-15-20(25-27-22(15)17-9-5-3-6-10-17)13-19(24)14-21-16(2)23(28-26-21)18-11-7-4-8-12-18/h3-14H,1-2H3/b20-13-,21-14+. The van der Waals surface area contributed by atoms with Gasteiger partial charge in [-0.1, -0.05) is 104 Å². The van der Waals surface area contributed by atoms with Crippen LogP contribution in [0.4, 0.5) is 0 Å². The molecule has 2 aromatic rings. The predicted octanol–water partition coefficient (Wildman–Crippen LogP) is 7.98. The lowest BCUT2D eigenvalue weighted by molar-refractivity contribution is -0.110. The maximum atomic E-state index is 12.7. The highest BCUT2D eigenvalue weighted by molar-refractivity contribution is 8.82. The topological polar surface area (TPSA) is 17.1 Å². The smallest absolute Gasteiger partial charge is 0.180 e. The van der Waals surface area contributed by atoms with E-state index in [0.717, 1.165) is 9.81 Å². The van der Waals surface area contributed by atoms with Gasteiger partial charge in [-0.2, -0.15) is 0 Å². The van der Waals surface area contributed by atoms with Crippen molar-refractivity contribution in [3.05, 3.63) is 105 Å². The maximum absolute atomic E-state index is 12.7. The van der Waals surface area contributed by atoms with Crippen LogP contribution in [0.3, 0.4) is 0 Å². The maximum Gasteiger partial charge on any atom is 0.180 e. The first kappa shape index (κ1) is 19.8. The SMILES string of the molecule is CC1=C(c2ccccc2)SS/C1=C\C(=O)/C=C1/SSC(c2ccccc2)=C1C. The third kappa shape index (κ3) is 4.23. The second kappa shape index (κ2) is 8.87. The molecule has 2 aliphatic rings. The summed E-state index contributed by atoms with van der Waals surface area (Å²) in [6.45, 7) is 4.20. The molecule has 4 rings (SSSR count). The lowest BCUT2D eigenvalue weighted by Gasteiger charge is -2.01. The molecule has 0 unspecified atom stereocenters. The predicted molar refractivity (Wildman–Crippen MR) is 130 cm³/mol. The fourth-order valence-corrected chi connectivity index (χ4v) is 8.52. The number of hydrogen-bond donors (Lipinski definition) is 0. The first-order valence-corrected chi connectivity index (χ1v) is 13.1. The van der Waals surface area contributed by atoms with Crippen molar-refractivity contribution in [2.75, 3.05) is 0 Å². The van der Waals surface area contributed by atoms with Crippen LogP contribution in [0.25, 0.3) is 9.81 Å². The Hall–Kier alpha value is -1.53. The first-order chi connectivity index (χ1) is 13.6. The minimum atomic E-state index is 0.0496. The molecule has 2 heterocycles. The van der Waals surface area contributed by atoms with E-state index in [2.05, 4.69) is 38.1 Å². The van der Waals surface area contributed by atoms with E-state index in [0.29, 0.717) is 0 Å². The van der Waals surface area contributed by atoms with Gasteiger partial charge in [0.2, 0.25) is 0 Å². The van der Waals surface area contributed by atoms with Crippen LogP contribution in [0.1, 0.15) is 25.0 Å². The molecular formula is C23H18OS4. The van der Waals surface area contributed by atoms with Crippen LogP contribution < -0.4 is 0 Å². The Balaban J connectivity index is 1.56. The quantitative estimate of drug-likeness (QED) is 0.354. The molecule has 28 heavy (non-hydrogen) atoms. The number of allylic oxidation sites excluding steroid dienone is 4. The van der Waals surface area contributed by atoms with Crippen molar-refractivity contribution < 1.29 is 4.79 Å². The average molecular weight is 439 g/mol. The van der Waals surface area contributed by atoms with Crippen LogP contribution in [0.15, 0.2) is 93.8 Å². The van der Waals surface area contributed by atoms with Gasteiger partial charge in [0.15, 0.2) is 5.78 Å². The molecule has 0 radical (unpaired) electrons. The summed E-state index contributed by atoms with van der Waals surface area (Å²) in [4.78, 5) is 17.3. The number of carbonyl (C=O) groups is 1. The van der Waals surface area contributed by atoms with Crippen LogP contribution in [0, 0.1) is 0 Å². The van der Waals surface area contributed by atoms with Crippen molar-refractivity contribution in [3.63, 3.8) is 0 Å². The van der Waals surface area contributed by atoms with Gasteiger partial charge in [0.1, 0.15) is 0 Å². The third-order valence-corrected chi connectivity index (χ3v) is 9.84. The molecule has 0 atom stereocenters. The van der Waals surface area contributed by atoms with Crippen molar-refractivity contribution >= 4 is 58.8 Å². The van der Waals surface area contributed by atoms with Crippen molar-refractivity contribution in [2.45, 2.75) is 13.8 Å². The first-order valence-electron chi connectivity index (χ1n) is 8.83. The van der Waals surface area contributed by atoms with Crippen molar-refractivity contribution in [3.8, 4) is 0 Å². The molecule has 0 fully saturated rings. The summed E-state index contributed by atoms with van der Waals surface area (Å²) >= 11 is 0. The van der Waals surface area contributed by atoms with Crippen LogP contribution in [-0.2, 0) is 4.79 Å². The Labute approximate surface area is 181 Å². The van der Waals surface area contributed by atoms with Crippen LogP contribution in [0.2, 0.25) is 0 Å². The van der Waals surface area contributed by atoms with Crippen LogP contribution in [0.5, 0.6) is 0 Å². The summed E-state index contributed by atoms with van der Waals surface area (Å²) in [6, 6.07) is 20.7. The molecule has 0 N–H and O–H groups in total. The highest BCUT2D eigenvalue weighted by Gasteiger charge is 2.22. The summed E-state index contributed by atoms with van der Waals surface area (Å²) in [5.41, 5.74) is 4.78. The Morgan fingerprint density at radius 2 is 1.04 bits per heavy atom. The number of hydrogen-bond acceptors (Lipinski definition) is 5. The number of carbonyl (C=O) groups excluding carboxylic acids is 1. The van der Waals surface area contributed by atoms with Crippen molar-refractivity contribution in [2.24, 2.45) is 0 Å². The fourth-order valence-electron chi connectivity index (χ4n) is 2.92. The molecule has 0 saturated carbocycles. The molecule has 1 nitrogen and oxygen atoms in total. The summed E-state index contributed by atoms with van der Waals surface area (Å²) in [6.07, 6.45) is 3.55. The summed E-state index contributed by atoms with van der Waals surface area (Å²) < 4.78 is 0. The average Bonchev–Trinajstić information content (AvgIpc) is 3.26. The van der Waals surface area contributed by atoms with Crippen LogP contribution >= 0.6 is 43.2 Å². The highest BCUT2D eigenvalue weighted by atomic mass is 33.1. The summed E-state index contributed by atoms with van der Waals surface area (Å²) in [7, 11) is 6.80. The number of ketones is 1. The Morgan fingerprint density at radius 1 is 0.643 bits per heavy atom. The van der Waals surface area contributed by atoms with E-state index in [1.54, 1.807) is 55.3 Å². The molecule has 2 aliphatic heterocycles. The zero-order chi connectivity index (χ0) is 19.5. The molecule has 140 valence electrons. The molecular weight excluding hydrogens is 421 g/mol. The zero-order valence-electron chi connectivity index (χ0n) is 15.5. The molecule has 0 saturated heterocycles. The minimum absolute atomic E-state index is 0.0496. The lowest BCUT2D eigenvalue weighted by Crippen LogP contribution is -1.91. The third-order valence-electron chi connectivity index (χ3n) is 4.47. The number of rotatable bonds is 4. The molecule has 0 amide bonds. The lowest BCUT2D eigenvalue weighted by atomic mass is 10.1. The van der Waals surface area contributed by atoms with Crippen molar-refractivity contribution in [1.29, 1.82) is 0 Å². The van der Waals surface area contributed by atoms with Gasteiger partial charge in [0, 0.05) is 31.8 Å². The summed E-state index contributed by atoms with van der Waals surface area (Å²) in [5.74, 6) is 0.0496. The molecule has 0 bridgehead atoms. The van der Waals surface area contributed by atoms with Gasteiger partial charge in [-0.3, -0.25) is 4.79 Å². The van der Waals surface area contributed by atoms with Gasteiger partial charge in [-0.05, 0) is 36.1 Å². The van der Waals surface area contributed by atoms with Gasteiger partial charge in [0.25, 0.3) is 0 Å². The van der Waals surface area contributed by atoms with E-state index < -0.39 is 0 Å². The molecule has 5 heteroatoms. The Morgan fingerprint density at radius 3 is 1.43 bits per heavy atom. The van der Waals surface area contributed by atoms with Gasteiger partial charge < -0.3 is 0 Å². The molecule has 0 aliphatic carbocycles. The summed E-state index contributed by atoms with van der Waals surface area (Å²) in [5, 5.41) is 0. The van der Waals surface area contributed by atoms with Gasteiger partial charge in [-0.25, -0.2) is 0 Å². The van der Waals surface area contributed by atoms with Gasteiger partial charge in [-0.15, -0.1) is 0 Å². The normalized spacial score (nSPS) is 19.9. The zero-order valence-corrected chi connectivity index (χ0v) is 18.7. The second-order valence-corrected chi connectivity index (χ2v) is 10.8. The van der Waals surface area contributed by atoms with E-state index in [1.165, 1.54) is 32.1 Å². The van der Waals surface area contributed by atoms with E-state index in [9.17, 15) is 4.79 Å². The highest BCUT2D eigenvalue weighted by Crippen LogP contribution is 2.55. The molecule has 2 aromatic carbocycles. The van der Waals surface area contributed by atoms with Crippen molar-refractivity contribution in [1.82, 2.24) is 0 Å².